The number of hydrogen-bond acceptors (Lipinski definition) is 5. The van der Waals surface area contributed by atoms with E-state index in [9.17, 15) is 8.42 Å². The first-order valence-corrected chi connectivity index (χ1v) is 11.2. The van der Waals surface area contributed by atoms with Crippen molar-refractivity contribution in [2.45, 2.75) is 62.6 Å². The topological polar surface area (TPSA) is 59.1 Å². The van der Waals surface area contributed by atoms with Gasteiger partial charge in [-0.3, -0.25) is 0 Å². The highest BCUT2D eigenvalue weighted by molar-refractivity contribution is 7.91. The van der Waals surface area contributed by atoms with E-state index in [1.54, 1.807) is 17.4 Å². The van der Waals surface area contributed by atoms with Crippen LogP contribution in [0.1, 0.15) is 49.1 Å². The highest BCUT2D eigenvalue weighted by Crippen LogP contribution is 2.32. The first-order chi connectivity index (χ1) is 11.0. The Kier molecular flexibility index (Phi) is 5.20. The fourth-order valence-corrected chi connectivity index (χ4v) is 6.30. The minimum Gasteiger partial charge on any atom is -0.241 e. The maximum Gasteiger partial charge on any atom is 0.250 e. The Bertz CT molecular complexity index is 750. The van der Waals surface area contributed by atoms with Crippen molar-refractivity contribution < 1.29 is 8.42 Å². The van der Waals surface area contributed by atoms with E-state index in [4.69, 9.17) is 0 Å². The number of thiazole rings is 1. The van der Waals surface area contributed by atoms with Crippen molar-refractivity contribution in [3.05, 3.63) is 22.0 Å². The first kappa shape index (κ1) is 17.1. The minimum absolute atomic E-state index is 0.0809. The van der Waals surface area contributed by atoms with Crippen molar-refractivity contribution in [1.82, 2.24) is 9.71 Å². The summed E-state index contributed by atoms with van der Waals surface area (Å²) < 4.78 is 28.5. The predicted molar refractivity (Wildman–Crippen MR) is 96.7 cm³/mol. The van der Waals surface area contributed by atoms with Crippen LogP contribution in [0.2, 0.25) is 0 Å². The molecule has 2 aromatic heterocycles. The molecule has 0 spiro atoms. The van der Waals surface area contributed by atoms with E-state index in [0.29, 0.717) is 4.21 Å². The lowest BCUT2D eigenvalue weighted by molar-refractivity contribution is 0.511. The zero-order chi connectivity index (χ0) is 16.4. The van der Waals surface area contributed by atoms with Gasteiger partial charge in [-0.15, -0.1) is 22.7 Å². The molecule has 3 rings (SSSR count). The molecule has 0 radical (unpaired) electrons. The highest BCUT2D eigenvalue weighted by Gasteiger charge is 2.23. The average molecular weight is 371 g/mol. The van der Waals surface area contributed by atoms with Crippen molar-refractivity contribution in [3.8, 4) is 10.6 Å². The number of aromatic nitrogens is 1. The SMILES string of the molecule is Cc1nc(-c2csc(S(=O)(=O)NC3CCCCCC3)c2)sc1C. The summed E-state index contributed by atoms with van der Waals surface area (Å²) >= 11 is 2.89. The van der Waals surface area contributed by atoms with Gasteiger partial charge in [-0.2, -0.15) is 0 Å². The normalized spacial score (nSPS) is 17.3. The molecule has 0 saturated heterocycles. The van der Waals surface area contributed by atoms with Crippen LogP contribution >= 0.6 is 22.7 Å². The van der Waals surface area contributed by atoms with Crippen molar-refractivity contribution in [2.24, 2.45) is 0 Å². The highest BCUT2D eigenvalue weighted by atomic mass is 32.2. The molecule has 0 amide bonds. The molecule has 1 saturated carbocycles. The van der Waals surface area contributed by atoms with Gasteiger partial charge < -0.3 is 0 Å². The molecule has 0 aliphatic heterocycles. The van der Waals surface area contributed by atoms with Crippen LogP contribution in [-0.4, -0.2) is 19.4 Å². The van der Waals surface area contributed by atoms with Crippen molar-refractivity contribution in [2.75, 3.05) is 0 Å². The third kappa shape index (κ3) is 4.02. The van der Waals surface area contributed by atoms with Gasteiger partial charge in [0.1, 0.15) is 9.22 Å². The smallest absolute Gasteiger partial charge is 0.241 e. The van der Waals surface area contributed by atoms with Crippen LogP contribution in [0.4, 0.5) is 0 Å². The maximum absolute atomic E-state index is 12.6. The van der Waals surface area contributed by atoms with Gasteiger partial charge in [0, 0.05) is 21.9 Å². The van der Waals surface area contributed by atoms with E-state index in [2.05, 4.69) is 9.71 Å². The van der Waals surface area contributed by atoms with Crippen LogP contribution in [0.3, 0.4) is 0 Å². The fraction of sp³-hybridized carbons (Fsp3) is 0.562. The molecule has 0 unspecified atom stereocenters. The summed E-state index contributed by atoms with van der Waals surface area (Å²) in [5, 5.41) is 2.78. The number of aryl methyl sites for hydroxylation is 2. The second-order valence-electron chi connectivity index (χ2n) is 6.12. The molecule has 126 valence electrons. The van der Waals surface area contributed by atoms with Gasteiger partial charge >= 0.3 is 0 Å². The molecule has 1 N–H and O–H groups in total. The van der Waals surface area contributed by atoms with E-state index in [0.717, 1.165) is 41.9 Å². The van der Waals surface area contributed by atoms with Crippen LogP contribution in [0.15, 0.2) is 15.7 Å². The maximum atomic E-state index is 12.6. The summed E-state index contributed by atoms with van der Waals surface area (Å²) in [6, 6.07) is 1.83. The lowest BCUT2D eigenvalue weighted by atomic mass is 10.1. The molecular formula is C16H22N2O2S3. The van der Waals surface area contributed by atoms with Gasteiger partial charge in [0.2, 0.25) is 10.0 Å². The van der Waals surface area contributed by atoms with E-state index in [1.165, 1.54) is 29.1 Å². The molecule has 23 heavy (non-hydrogen) atoms. The number of hydrogen-bond donors (Lipinski definition) is 1. The Labute approximate surface area is 146 Å². The summed E-state index contributed by atoms with van der Waals surface area (Å²) in [6.45, 7) is 4.01. The van der Waals surface area contributed by atoms with Gasteiger partial charge in [-0.1, -0.05) is 25.7 Å². The molecule has 0 atom stereocenters. The third-order valence-corrected chi connectivity index (χ3v) is 8.37. The molecule has 0 bridgehead atoms. The Hall–Kier alpha value is -0.760. The fourth-order valence-electron chi connectivity index (χ4n) is 2.84. The lowest BCUT2D eigenvalue weighted by Gasteiger charge is -2.15. The Balaban J connectivity index is 1.78. The molecule has 0 aromatic carbocycles. The second kappa shape index (κ2) is 7.01. The molecule has 7 heteroatoms. The Morgan fingerprint density at radius 1 is 1.17 bits per heavy atom. The molecule has 4 nitrogen and oxygen atoms in total. The number of thiophene rings is 1. The third-order valence-electron chi connectivity index (χ3n) is 4.29. The second-order valence-corrected chi connectivity index (χ2v) is 10.2. The van der Waals surface area contributed by atoms with Crippen LogP contribution in [0, 0.1) is 13.8 Å². The first-order valence-electron chi connectivity index (χ1n) is 8.01. The van der Waals surface area contributed by atoms with Crippen LogP contribution in [0.5, 0.6) is 0 Å². The summed E-state index contributed by atoms with van der Waals surface area (Å²) in [4.78, 5) is 5.69. The Morgan fingerprint density at radius 2 is 1.87 bits per heavy atom. The van der Waals surface area contributed by atoms with Gasteiger partial charge in [-0.25, -0.2) is 18.1 Å². The van der Waals surface area contributed by atoms with Gasteiger partial charge in [0.25, 0.3) is 0 Å². The van der Waals surface area contributed by atoms with Crippen LogP contribution < -0.4 is 4.72 Å². The number of nitrogens with one attached hydrogen (secondary N) is 1. The molecule has 2 aromatic rings. The number of sulfonamides is 1. The zero-order valence-electron chi connectivity index (χ0n) is 13.5. The summed E-state index contributed by atoms with van der Waals surface area (Å²) in [5.41, 5.74) is 1.91. The standard InChI is InChI=1S/C16H22N2O2S3/c1-11-12(2)22-16(17-11)13-9-15(21-10-13)23(19,20)18-14-7-5-3-4-6-8-14/h9-10,14,18H,3-8H2,1-2H3. The van der Waals surface area contributed by atoms with Gasteiger partial charge in [-0.05, 0) is 32.8 Å². The average Bonchev–Trinajstić information content (AvgIpc) is 3.02. The number of nitrogens with zero attached hydrogens (tertiary/aromatic N) is 1. The van der Waals surface area contributed by atoms with Crippen LogP contribution in [0.25, 0.3) is 10.6 Å². The summed E-state index contributed by atoms with van der Waals surface area (Å²) in [7, 11) is -3.42. The molecular weight excluding hydrogens is 348 g/mol. The summed E-state index contributed by atoms with van der Waals surface area (Å²) in [6.07, 6.45) is 6.54. The molecule has 1 fully saturated rings. The van der Waals surface area contributed by atoms with Crippen molar-refractivity contribution in [3.63, 3.8) is 0 Å². The number of rotatable bonds is 4. The van der Waals surface area contributed by atoms with E-state index >= 15 is 0 Å². The molecule has 2 heterocycles. The lowest BCUT2D eigenvalue weighted by Crippen LogP contribution is -2.33. The molecule has 1 aliphatic rings. The van der Waals surface area contributed by atoms with Crippen molar-refractivity contribution >= 4 is 32.7 Å². The van der Waals surface area contributed by atoms with E-state index < -0.39 is 10.0 Å². The van der Waals surface area contributed by atoms with Gasteiger partial charge in [0.15, 0.2) is 0 Å². The van der Waals surface area contributed by atoms with Crippen molar-refractivity contribution in [1.29, 1.82) is 0 Å². The van der Waals surface area contributed by atoms with Gasteiger partial charge in [0.05, 0.1) is 5.69 Å². The summed E-state index contributed by atoms with van der Waals surface area (Å²) in [5.74, 6) is 0. The quantitative estimate of drug-likeness (QED) is 0.807. The monoisotopic (exact) mass is 370 g/mol. The van der Waals surface area contributed by atoms with E-state index in [1.807, 2.05) is 19.2 Å². The molecule has 1 aliphatic carbocycles. The van der Waals surface area contributed by atoms with Crippen LogP contribution in [-0.2, 0) is 10.0 Å². The minimum atomic E-state index is -3.42. The largest absolute Gasteiger partial charge is 0.250 e. The Morgan fingerprint density at radius 3 is 2.48 bits per heavy atom. The zero-order valence-corrected chi connectivity index (χ0v) is 15.9. The predicted octanol–water partition coefficient (Wildman–Crippen LogP) is 4.49. The van der Waals surface area contributed by atoms with E-state index in [-0.39, 0.29) is 6.04 Å².